The molecule has 28 heavy (non-hydrogen) atoms. The molecule has 1 amide bonds. The lowest BCUT2D eigenvalue weighted by molar-refractivity contribution is -0.129. The Kier molecular flexibility index (Phi) is 4.86. The van der Waals surface area contributed by atoms with Crippen LogP contribution < -0.4 is 0 Å². The van der Waals surface area contributed by atoms with E-state index in [1.807, 2.05) is 52.8 Å². The van der Waals surface area contributed by atoms with Gasteiger partial charge in [0.25, 0.3) is 0 Å². The predicted molar refractivity (Wildman–Crippen MR) is 105 cm³/mol. The van der Waals surface area contributed by atoms with E-state index in [1.165, 1.54) is 7.11 Å². The Morgan fingerprint density at radius 1 is 1.21 bits per heavy atom. The quantitative estimate of drug-likeness (QED) is 0.656. The molecule has 0 aliphatic carbocycles. The molecule has 0 radical (unpaired) electrons. The minimum atomic E-state index is -0.332. The number of imidazole rings is 1. The fourth-order valence-electron chi connectivity index (χ4n) is 3.99. The Labute approximate surface area is 163 Å². The average Bonchev–Trinajstić information content (AvgIpc) is 3.36. The second kappa shape index (κ2) is 7.46. The van der Waals surface area contributed by atoms with Crippen LogP contribution >= 0.6 is 0 Å². The van der Waals surface area contributed by atoms with E-state index in [4.69, 9.17) is 4.74 Å². The molecule has 1 fully saturated rings. The lowest BCUT2D eigenvalue weighted by Crippen LogP contribution is -2.30. The Hall–Kier alpha value is -3.15. The SMILES string of the molecule is COC(=O)c1ccccc1C1CCN(C(=O)Cc2cnc3c(C)cccn23)C1. The number of hydrogen-bond donors (Lipinski definition) is 0. The van der Waals surface area contributed by atoms with E-state index < -0.39 is 0 Å². The number of aromatic nitrogens is 2. The van der Waals surface area contributed by atoms with Crippen molar-refractivity contribution in [3.8, 4) is 0 Å². The van der Waals surface area contributed by atoms with Crippen molar-refractivity contribution >= 4 is 17.5 Å². The number of benzene rings is 1. The van der Waals surface area contributed by atoms with Crippen LogP contribution in [0.5, 0.6) is 0 Å². The topological polar surface area (TPSA) is 63.9 Å². The highest BCUT2D eigenvalue weighted by atomic mass is 16.5. The Morgan fingerprint density at radius 3 is 2.86 bits per heavy atom. The highest BCUT2D eigenvalue weighted by molar-refractivity contribution is 5.91. The molecule has 2 aromatic heterocycles. The van der Waals surface area contributed by atoms with Crippen LogP contribution in [0, 0.1) is 6.92 Å². The molecular weight excluding hydrogens is 354 g/mol. The number of carbonyl (C=O) groups excluding carboxylic acids is 2. The molecule has 4 rings (SSSR count). The molecule has 1 aromatic carbocycles. The summed E-state index contributed by atoms with van der Waals surface area (Å²) in [5.74, 6) is -0.105. The maximum absolute atomic E-state index is 12.9. The number of rotatable bonds is 4. The number of amides is 1. The summed E-state index contributed by atoms with van der Waals surface area (Å²) in [5, 5.41) is 0. The van der Waals surface area contributed by atoms with Gasteiger partial charge in [-0.05, 0) is 36.6 Å². The molecule has 0 saturated carbocycles. The molecule has 0 N–H and O–H groups in total. The van der Waals surface area contributed by atoms with Crippen molar-refractivity contribution in [2.75, 3.05) is 20.2 Å². The zero-order valence-corrected chi connectivity index (χ0v) is 16.1. The first-order valence-corrected chi connectivity index (χ1v) is 9.45. The van der Waals surface area contributed by atoms with Crippen molar-refractivity contribution in [1.82, 2.24) is 14.3 Å². The van der Waals surface area contributed by atoms with Crippen LogP contribution in [0.4, 0.5) is 0 Å². The number of carbonyl (C=O) groups is 2. The number of methoxy groups -OCH3 is 1. The van der Waals surface area contributed by atoms with Crippen LogP contribution in [0.15, 0.2) is 48.8 Å². The van der Waals surface area contributed by atoms with Gasteiger partial charge in [0, 0.05) is 31.4 Å². The number of aryl methyl sites for hydroxylation is 1. The highest BCUT2D eigenvalue weighted by Gasteiger charge is 2.30. The standard InChI is InChI=1S/C22H23N3O3/c1-15-6-5-10-25-17(13-23-21(15)25)12-20(26)24-11-9-16(14-24)18-7-3-4-8-19(18)22(27)28-2/h3-8,10,13,16H,9,11-12,14H2,1-2H3. The molecular formula is C22H23N3O3. The number of nitrogens with zero attached hydrogens (tertiary/aromatic N) is 3. The summed E-state index contributed by atoms with van der Waals surface area (Å²) in [6.45, 7) is 3.31. The van der Waals surface area contributed by atoms with Crippen molar-refractivity contribution in [3.63, 3.8) is 0 Å². The van der Waals surface area contributed by atoms with Crippen molar-refractivity contribution in [1.29, 1.82) is 0 Å². The first kappa shape index (κ1) is 18.2. The zero-order chi connectivity index (χ0) is 19.7. The molecule has 1 aliphatic rings. The van der Waals surface area contributed by atoms with Crippen molar-refractivity contribution in [2.45, 2.75) is 25.7 Å². The summed E-state index contributed by atoms with van der Waals surface area (Å²) in [7, 11) is 1.39. The molecule has 6 nitrogen and oxygen atoms in total. The minimum Gasteiger partial charge on any atom is -0.465 e. The zero-order valence-electron chi connectivity index (χ0n) is 16.1. The first-order valence-electron chi connectivity index (χ1n) is 9.45. The predicted octanol–water partition coefficient (Wildman–Crippen LogP) is 2.99. The fraction of sp³-hybridized carbons (Fsp3) is 0.318. The molecule has 1 aliphatic heterocycles. The van der Waals surface area contributed by atoms with E-state index in [-0.39, 0.29) is 17.8 Å². The number of esters is 1. The Bertz CT molecular complexity index is 1040. The fourth-order valence-corrected chi connectivity index (χ4v) is 3.99. The molecule has 1 unspecified atom stereocenters. The third-order valence-electron chi connectivity index (χ3n) is 5.49. The second-order valence-corrected chi connectivity index (χ2v) is 7.22. The van der Waals surface area contributed by atoms with E-state index in [0.717, 1.165) is 28.9 Å². The van der Waals surface area contributed by atoms with Gasteiger partial charge in [-0.15, -0.1) is 0 Å². The van der Waals surface area contributed by atoms with Crippen molar-refractivity contribution in [3.05, 3.63) is 71.2 Å². The molecule has 1 saturated heterocycles. The summed E-state index contributed by atoms with van der Waals surface area (Å²) >= 11 is 0. The molecule has 0 bridgehead atoms. The normalized spacial score (nSPS) is 16.5. The third kappa shape index (κ3) is 3.26. The van der Waals surface area contributed by atoms with Crippen LogP contribution in [0.1, 0.15) is 39.5 Å². The number of pyridine rings is 1. The van der Waals surface area contributed by atoms with Gasteiger partial charge in [-0.1, -0.05) is 24.3 Å². The number of hydrogen-bond acceptors (Lipinski definition) is 4. The minimum absolute atomic E-state index is 0.0846. The van der Waals surface area contributed by atoms with Crippen LogP contribution in [-0.4, -0.2) is 46.4 Å². The van der Waals surface area contributed by atoms with Gasteiger partial charge >= 0.3 is 5.97 Å². The summed E-state index contributed by atoms with van der Waals surface area (Å²) in [5.41, 5.74) is 4.40. The van der Waals surface area contributed by atoms with Crippen LogP contribution in [0.2, 0.25) is 0 Å². The van der Waals surface area contributed by atoms with Gasteiger partial charge < -0.3 is 14.0 Å². The molecule has 1 atom stereocenters. The van der Waals surface area contributed by atoms with E-state index in [0.29, 0.717) is 25.1 Å². The van der Waals surface area contributed by atoms with Crippen LogP contribution in [-0.2, 0) is 16.0 Å². The van der Waals surface area contributed by atoms with E-state index in [2.05, 4.69) is 4.98 Å². The molecule has 3 heterocycles. The van der Waals surface area contributed by atoms with Gasteiger partial charge in [0.15, 0.2) is 0 Å². The maximum atomic E-state index is 12.9. The van der Waals surface area contributed by atoms with Gasteiger partial charge in [-0.3, -0.25) is 4.79 Å². The monoisotopic (exact) mass is 377 g/mol. The number of fused-ring (bicyclic) bond motifs is 1. The summed E-state index contributed by atoms with van der Waals surface area (Å²) < 4.78 is 6.88. The van der Waals surface area contributed by atoms with E-state index in [1.54, 1.807) is 12.3 Å². The molecule has 0 spiro atoms. The number of ether oxygens (including phenoxy) is 1. The third-order valence-corrected chi connectivity index (χ3v) is 5.49. The lowest BCUT2D eigenvalue weighted by atomic mass is 9.93. The highest BCUT2D eigenvalue weighted by Crippen LogP contribution is 2.30. The second-order valence-electron chi connectivity index (χ2n) is 7.22. The molecule has 144 valence electrons. The molecule has 6 heteroatoms. The summed E-state index contributed by atoms with van der Waals surface area (Å²) in [4.78, 5) is 31.3. The van der Waals surface area contributed by atoms with Gasteiger partial charge in [0.1, 0.15) is 5.65 Å². The number of likely N-dealkylation sites (tertiary alicyclic amines) is 1. The van der Waals surface area contributed by atoms with E-state index in [9.17, 15) is 9.59 Å². The Morgan fingerprint density at radius 2 is 2.04 bits per heavy atom. The largest absolute Gasteiger partial charge is 0.465 e. The van der Waals surface area contributed by atoms with Crippen LogP contribution in [0.3, 0.4) is 0 Å². The van der Waals surface area contributed by atoms with E-state index >= 15 is 0 Å². The first-order chi connectivity index (χ1) is 13.6. The average molecular weight is 377 g/mol. The van der Waals surface area contributed by atoms with Gasteiger partial charge in [-0.25, -0.2) is 9.78 Å². The smallest absolute Gasteiger partial charge is 0.338 e. The molecule has 3 aromatic rings. The summed E-state index contributed by atoms with van der Waals surface area (Å²) in [6, 6.07) is 11.5. The van der Waals surface area contributed by atoms with Crippen molar-refractivity contribution in [2.24, 2.45) is 0 Å². The van der Waals surface area contributed by atoms with Gasteiger partial charge in [0.2, 0.25) is 5.91 Å². The lowest BCUT2D eigenvalue weighted by Gasteiger charge is -2.18. The van der Waals surface area contributed by atoms with Gasteiger partial charge in [-0.2, -0.15) is 0 Å². The van der Waals surface area contributed by atoms with Crippen molar-refractivity contribution < 1.29 is 14.3 Å². The Balaban J connectivity index is 1.49. The van der Waals surface area contributed by atoms with Crippen LogP contribution in [0.25, 0.3) is 5.65 Å². The van der Waals surface area contributed by atoms with Gasteiger partial charge in [0.05, 0.1) is 24.8 Å². The maximum Gasteiger partial charge on any atom is 0.338 e. The summed E-state index contributed by atoms with van der Waals surface area (Å²) in [6.07, 6.45) is 4.87.